The molecule has 1 aromatic rings. The molecule has 0 aromatic heterocycles. The first kappa shape index (κ1) is 17.4. The molecule has 6 heteroatoms. The van der Waals surface area contributed by atoms with Gasteiger partial charge in [-0.1, -0.05) is 30.3 Å². The number of nitrogens with two attached hydrogens (primary N) is 1. The Morgan fingerprint density at radius 3 is 2.57 bits per heavy atom. The van der Waals surface area contributed by atoms with Crippen LogP contribution in [0.5, 0.6) is 0 Å². The van der Waals surface area contributed by atoms with Gasteiger partial charge in [-0.2, -0.15) is 0 Å². The molecule has 0 bridgehead atoms. The third-order valence-electron chi connectivity index (χ3n) is 4.10. The molecule has 6 nitrogen and oxygen atoms in total. The van der Waals surface area contributed by atoms with Crippen molar-refractivity contribution in [2.24, 2.45) is 5.73 Å². The van der Waals surface area contributed by atoms with Crippen molar-refractivity contribution in [3.63, 3.8) is 0 Å². The standard InChI is InChI=1S/C17H25N3O3/c1-23-12-16(21)20-9-7-14(8-10-20)19-17(22)15(18)11-13-5-3-2-4-6-13/h2-6,14-15H,7-12,18H2,1H3,(H,19,22)/t15-/m0/s1. The smallest absolute Gasteiger partial charge is 0.248 e. The number of nitrogens with one attached hydrogen (secondary N) is 1. The Bertz CT molecular complexity index is 513. The van der Waals surface area contributed by atoms with E-state index in [4.69, 9.17) is 10.5 Å². The van der Waals surface area contributed by atoms with Crippen molar-refractivity contribution < 1.29 is 14.3 Å². The highest BCUT2D eigenvalue weighted by Gasteiger charge is 2.25. The molecule has 23 heavy (non-hydrogen) atoms. The summed E-state index contributed by atoms with van der Waals surface area (Å²) in [6.07, 6.45) is 2.02. The Morgan fingerprint density at radius 2 is 1.96 bits per heavy atom. The van der Waals surface area contributed by atoms with Crippen molar-refractivity contribution in [3.8, 4) is 0 Å². The predicted molar refractivity (Wildman–Crippen MR) is 87.7 cm³/mol. The molecule has 0 unspecified atom stereocenters. The summed E-state index contributed by atoms with van der Waals surface area (Å²) in [5.74, 6) is -0.131. The molecule has 1 heterocycles. The molecule has 1 aromatic carbocycles. The van der Waals surface area contributed by atoms with E-state index in [1.54, 1.807) is 4.90 Å². The number of ether oxygens (including phenoxy) is 1. The fourth-order valence-electron chi connectivity index (χ4n) is 2.76. The molecule has 0 saturated carbocycles. The molecule has 126 valence electrons. The molecule has 1 fully saturated rings. The van der Waals surface area contributed by atoms with Gasteiger partial charge in [-0.25, -0.2) is 0 Å². The van der Waals surface area contributed by atoms with E-state index in [1.165, 1.54) is 7.11 Å². The number of hydrogen-bond donors (Lipinski definition) is 2. The Hall–Kier alpha value is -1.92. The Kier molecular flexibility index (Phi) is 6.55. The maximum Gasteiger partial charge on any atom is 0.248 e. The molecule has 3 N–H and O–H groups in total. The van der Waals surface area contributed by atoms with Gasteiger partial charge in [0.05, 0.1) is 6.04 Å². The summed E-state index contributed by atoms with van der Waals surface area (Å²) >= 11 is 0. The predicted octanol–water partition coefficient (Wildman–Crippen LogP) is 0.310. The maximum atomic E-state index is 12.2. The van der Waals surface area contributed by atoms with E-state index in [2.05, 4.69) is 5.32 Å². The molecule has 1 atom stereocenters. The minimum Gasteiger partial charge on any atom is -0.375 e. The van der Waals surface area contributed by atoms with Crippen LogP contribution in [-0.2, 0) is 20.7 Å². The van der Waals surface area contributed by atoms with Crippen LogP contribution in [0.15, 0.2) is 30.3 Å². The summed E-state index contributed by atoms with van der Waals surface area (Å²) in [5, 5.41) is 3.00. The lowest BCUT2D eigenvalue weighted by Crippen LogP contribution is -2.51. The number of rotatable bonds is 6. The molecule has 0 aliphatic carbocycles. The van der Waals surface area contributed by atoms with Crippen molar-refractivity contribution >= 4 is 11.8 Å². The third-order valence-corrected chi connectivity index (χ3v) is 4.10. The number of nitrogens with zero attached hydrogens (tertiary/aromatic N) is 1. The fourth-order valence-corrected chi connectivity index (χ4v) is 2.76. The number of methoxy groups -OCH3 is 1. The second kappa shape index (κ2) is 8.64. The van der Waals surface area contributed by atoms with Crippen LogP contribution in [0.3, 0.4) is 0 Å². The van der Waals surface area contributed by atoms with Crippen molar-refractivity contribution in [1.29, 1.82) is 0 Å². The average Bonchev–Trinajstić information content (AvgIpc) is 2.56. The van der Waals surface area contributed by atoms with Crippen molar-refractivity contribution in [2.45, 2.75) is 31.3 Å². The van der Waals surface area contributed by atoms with E-state index in [1.807, 2.05) is 30.3 Å². The van der Waals surface area contributed by atoms with Crippen molar-refractivity contribution in [3.05, 3.63) is 35.9 Å². The van der Waals surface area contributed by atoms with E-state index in [0.717, 1.165) is 18.4 Å². The topological polar surface area (TPSA) is 84.7 Å². The van der Waals surface area contributed by atoms with Crippen LogP contribution in [-0.4, -0.2) is 55.6 Å². The summed E-state index contributed by atoms with van der Waals surface area (Å²) in [4.78, 5) is 25.7. The number of carbonyl (C=O) groups is 2. The average molecular weight is 319 g/mol. The summed E-state index contributed by atoms with van der Waals surface area (Å²) in [5.41, 5.74) is 7.04. The minimum absolute atomic E-state index is 0.00180. The van der Waals surface area contributed by atoms with E-state index < -0.39 is 6.04 Å². The van der Waals surface area contributed by atoms with E-state index in [-0.39, 0.29) is 24.5 Å². The van der Waals surface area contributed by atoms with Crippen LogP contribution < -0.4 is 11.1 Å². The van der Waals surface area contributed by atoms with Gasteiger partial charge in [0.25, 0.3) is 0 Å². The fraction of sp³-hybridized carbons (Fsp3) is 0.529. The van der Waals surface area contributed by atoms with Crippen LogP contribution >= 0.6 is 0 Å². The molecule has 0 radical (unpaired) electrons. The van der Waals surface area contributed by atoms with Gasteiger partial charge in [0, 0.05) is 26.2 Å². The highest BCUT2D eigenvalue weighted by molar-refractivity contribution is 5.82. The first-order valence-electron chi connectivity index (χ1n) is 7.96. The number of benzene rings is 1. The van der Waals surface area contributed by atoms with Crippen LogP contribution in [0.25, 0.3) is 0 Å². The SMILES string of the molecule is COCC(=O)N1CCC(NC(=O)[C@@H](N)Cc2ccccc2)CC1. The Balaban J connectivity index is 1.75. The van der Waals surface area contributed by atoms with Crippen LogP contribution in [0.4, 0.5) is 0 Å². The lowest BCUT2D eigenvalue weighted by molar-refractivity contribution is -0.136. The summed E-state index contributed by atoms with van der Waals surface area (Å²) < 4.78 is 4.86. The highest BCUT2D eigenvalue weighted by atomic mass is 16.5. The number of likely N-dealkylation sites (tertiary alicyclic amines) is 1. The molecule has 2 rings (SSSR count). The first-order chi connectivity index (χ1) is 11.1. The zero-order valence-corrected chi connectivity index (χ0v) is 13.5. The lowest BCUT2D eigenvalue weighted by atomic mass is 10.0. The quantitative estimate of drug-likeness (QED) is 0.790. The van der Waals surface area contributed by atoms with E-state index in [0.29, 0.717) is 19.5 Å². The van der Waals surface area contributed by atoms with Gasteiger partial charge < -0.3 is 20.7 Å². The Morgan fingerprint density at radius 1 is 1.30 bits per heavy atom. The van der Waals surface area contributed by atoms with Crippen molar-refractivity contribution in [2.75, 3.05) is 26.8 Å². The van der Waals surface area contributed by atoms with Crippen LogP contribution in [0.1, 0.15) is 18.4 Å². The van der Waals surface area contributed by atoms with Gasteiger partial charge in [0.2, 0.25) is 11.8 Å². The molecule has 2 amide bonds. The van der Waals surface area contributed by atoms with Gasteiger partial charge >= 0.3 is 0 Å². The Labute approximate surface area is 137 Å². The van der Waals surface area contributed by atoms with Gasteiger partial charge in [0.15, 0.2) is 0 Å². The molecule has 1 aliphatic rings. The first-order valence-corrected chi connectivity index (χ1v) is 7.96. The number of carbonyl (C=O) groups excluding carboxylic acids is 2. The molecular weight excluding hydrogens is 294 g/mol. The number of piperidine rings is 1. The maximum absolute atomic E-state index is 12.2. The van der Waals surface area contributed by atoms with Gasteiger partial charge in [-0.05, 0) is 24.8 Å². The zero-order chi connectivity index (χ0) is 16.7. The minimum atomic E-state index is -0.550. The zero-order valence-electron chi connectivity index (χ0n) is 13.5. The van der Waals surface area contributed by atoms with Gasteiger partial charge in [0.1, 0.15) is 6.61 Å². The van der Waals surface area contributed by atoms with Crippen LogP contribution in [0, 0.1) is 0 Å². The normalized spacial score (nSPS) is 16.9. The van der Waals surface area contributed by atoms with Gasteiger partial charge in [-0.15, -0.1) is 0 Å². The number of hydrogen-bond acceptors (Lipinski definition) is 4. The molecular formula is C17H25N3O3. The second-order valence-electron chi connectivity index (χ2n) is 5.89. The van der Waals surface area contributed by atoms with E-state index in [9.17, 15) is 9.59 Å². The van der Waals surface area contributed by atoms with E-state index >= 15 is 0 Å². The number of amides is 2. The summed E-state index contributed by atoms with van der Waals surface area (Å²) in [6.45, 7) is 1.39. The third kappa shape index (κ3) is 5.33. The molecule has 0 spiro atoms. The molecule has 1 saturated heterocycles. The molecule has 1 aliphatic heterocycles. The van der Waals surface area contributed by atoms with Crippen LogP contribution in [0.2, 0.25) is 0 Å². The monoisotopic (exact) mass is 319 g/mol. The highest BCUT2D eigenvalue weighted by Crippen LogP contribution is 2.11. The largest absolute Gasteiger partial charge is 0.375 e. The van der Waals surface area contributed by atoms with Gasteiger partial charge in [-0.3, -0.25) is 9.59 Å². The second-order valence-corrected chi connectivity index (χ2v) is 5.89. The van der Waals surface area contributed by atoms with Crippen molar-refractivity contribution in [1.82, 2.24) is 10.2 Å². The lowest BCUT2D eigenvalue weighted by Gasteiger charge is -2.32. The summed E-state index contributed by atoms with van der Waals surface area (Å²) in [7, 11) is 1.51. The summed E-state index contributed by atoms with van der Waals surface area (Å²) in [6, 6.07) is 9.27.